The fraction of sp³-hybridized carbons (Fsp3) is 0. The molecule has 0 aliphatic rings. The number of hydrogen-bond donors (Lipinski definition) is 0. The Morgan fingerprint density at radius 1 is 1.00 bits per heavy atom. The number of furan rings is 1. The van der Waals surface area contributed by atoms with E-state index in [4.69, 9.17) is 9.52 Å². The molecule has 0 spiro atoms. The van der Waals surface area contributed by atoms with Crippen LogP contribution < -0.4 is 0 Å². The Morgan fingerprint density at radius 3 is 2.62 bits per heavy atom. The first-order valence-corrected chi connectivity index (χ1v) is 10.1. The highest BCUT2D eigenvalue weighted by Crippen LogP contribution is 2.29. The fourth-order valence-electron chi connectivity index (χ4n) is 3.18. The zero-order valence-electron chi connectivity index (χ0n) is 15.4. The molecule has 0 aliphatic heterocycles. The third kappa shape index (κ3) is 3.44. The molecule has 0 atom stereocenters. The van der Waals surface area contributed by atoms with Crippen molar-refractivity contribution in [3.05, 3.63) is 102 Å². The van der Waals surface area contributed by atoms with Gasteiger partial charge in [0.15, 0.2) is 5.76 Å². The lowest BCUT2D eigenvalue weighted by molar-refractivity contribution is 0.102. The Labute approximate surface area is 171 Å². The van der Waals surface area contributed by atoms with Crippen molar-refractivity contribution in [1.82, 2.24) is 9.78 Å². The normalized spacial score (nSPS) is 11.4. The molecule has 0 unspecified atom stereocenters. The molecule has 0 amide bonds. The van der Waals surface area contributed by atoms with Crippen LogP contribution in [-0.4, -0.2) is 15.6 Å². The van der Waals surface area contributed by atoms with Crippen LogP contribution in [0.1, 0.15) is 16.1 Å². The van der Waals surface area contributed by atoms with Crippen LogP contribution in [0.2, 0.25) is 0 Å². The van der Waals surface area contributed by atoms with Crippen LogP contribution >= 0.6 is 11.3 Å². The minimum Gasteiger partial charge on any atom is -0.453 e. The maximum atomic E-state index is 12.7. The lowest BCUT2D eigenvalue weighted by Crippen LogP contribution is -1.93. The van der Waals surface area contributed by atoms with Gasteiger partial charge in [0.05, 0.1) is 10.6 Å². The van der Waals surface area contributed by atoms with E-state index in [0.29, 0.717) is 11.3 Å². The number of hydrogen-bond acceptors (Lipinski definition) is 4. The van der Waals surface area contributed by atoms with Gasteiger partial charge in [0.2, 0.25) is 5.78 Å². The summed E-state index contributed by atoms with van der Waals surface area (Å²) in [5.74, 6) is 0.154. The van der Waals surface area contributed by atoms with Crippen LogP contribution in [0.4, 0.5) is 0 Å². The van der Waals surface area contributed by atoms with Gasteiger partial charge in [-0.3, -0.25) is 4.79 Å². The Morgan fingerprint density at radius 2 is 1.83 bits per heavy atom. The minimum atomic E-state index is -0.175. The third-order valence-corrected chi connectivity index (χ3v) is 5.48. The van der Waals surface area contributed by atoms with Crippen LogP contribution in [-0.2, 0) is 0 Å². The largest absolute Gasteiger partial charge is 0.453 e. The topological polar surface area (TPSA) is 48.0 Å². The molecule has 0 bridgehead atoms. The van der Waals surface area contributed by atoms with E-state index in [1.165, 1.54) is 0 Å². The summed E-state index contributed by atoms with van der Waals surface area (Å²) in [6.07, 6.45) is 5.28. The van der Waals surface area contributed by atoms with Gasteiger partial charge in [0.1, 0.15) is 11.3 Å². The summed E-state index contributed by atoms with van der Waals surface area (Å²) in [4.78, 5) is 13.7. The quantitative estimate of drug-likeness (QED) is 0.261. The summed E-state index contributed by atoms with van der Waals surface area (Å²) in [7, 11) is 0. The SMILES string of the molecule is O=C(C=Cc1cn(-c2ccccc2)nc1-c1cccs1)c1cc2ccccc2o1. The molecule has 0 saturated heterocycles. The van der Waals surface area contributed by atoms with Gasteiger partial charge in [-0.15, -0.1) is 11.3 Å². The van der Waals surface area contributed by atoms with Crippen LogP contribution in [0, 0.1) is 0 Å². The number of allylic oxidation sites excluding steroid dienone is 1. The van der Waals surface area contributed by atoms with Crippen molar-refractivity contribution >= 4 is 34.2 Å². The van der Waals surface area contributed by atoms with Gasteiger partial charge in [0.25, 0.3) is 0 Å². The molecule has 140 valence electrons. The van der Waals surface area contributed by atoms with E-state index in [-0.39, 0.29) is 5.78 Å². The maximum absolute atomic E-state index is 12.7. The number of thiophene rings is 1. The Bertz CT molecular complexity index is 1280. The molecule has 4 nitrogen and oxygen atoms in total. The molecule has 0 radical (unpaired) electrons. The van der Waals surface area contributed by atoms with E-state index in [2.05, 4.69) is 0 Å². The molecule has 5 aromatic rings. The fourth-order valence-corrected chi connectivity index (χ4v) is 3.91. The van der Waals surface area contributed by atoms with Gasteiger partial charge in [-0.2, -0.15) is 5.10 Å². The molecule has 0 saturated carbocycles. The zero-order chi connectivity index (χ0) is 19.6. The number of para-hydroxylation sites is 2. The average molecular weight is 396 g/mol. The molecule has 5 rings (SSSR count). The summed E-state index contributed by atoms with van der Waals surface area (Å²) in [5.41, 5.74) is 3.40. The summed E-state index contributed by atoms with van der Waals surface area (Å²) in [6.45, 7) is 0. The van der Waals surface area contributed by atoms with E-state index in [0.717, 1.165) is 27.2 Å². The highest BCUT2D eigenvalue weighted by Gasteiger charge is 2.13. The van der Waals surface area contributed by atoms with Crippen molar-refractivity contribution < 1.29 is 9.21 Å². The summed E-state index contributed by atoms with van der Waals surface area (Å²) in [6, 6.07) is 23.3. The smallest absolute Gasteiger partial charge is 0.221 e. The van der Waals surface area contributed by atoms with E-state index in [1.54, 1.807) is 29.6 Å². The van der Waals surface area contributed by atoms with Crippen molar-refractivity contribution in [3.8, 4) is 16.3 Å². The van der Waals surface area contributed by atoms with Crippen LogP contribution in [0.5, 0.6) is 0 Å². The number of fused-ring (bicyclic) bond motifs is 1. The van der Waals surface area contributed by atoms with Gasteiger partial charge in [0, 0.05) is 17.1 Å². The monoisotopic (exact) mass is 396 g/mol. The lowest BCUT2D eigenvalue weighted by atomic mass is 10.1. The van der Waals surface area contributed by atoms with Crippen molar-refractivity contribution in [3.63, 3.8) is 0 Å². The number of rotatable bonds is 5. The first-order valence-electron chi connectivity index (χ1n) is 9.18. The number of nitrogens with zero attached hydrogens (tertiary/aromatic N) is 2. The first kappa shape index (κ1) is 17.4. The lowest BCUT2D eigenvalue weighted by Gasteiger charge is -1.99. The van der Waals surface area contributed by atoms with Crippen molar-refractivity contribution in [2.45, 2.75) is 0 Å². The Hall–Kier alpha value is -3.70. The predicted octanol–water partition coefficient (Wildman–Crippen LogP) is 6.24. The zero-order valence-corrected chi connectivity index (χ0v) is 16.2. The van der Waals surface area contributed by atoms with E-state index >= 15 is 0 Å². The second-order valence-electron chi connectivity index (χ2n) is 6.54. The minimum absolute atomic E-state index is 0.175. The molecular weight excluding hydrogens is 380 g/mol. The van der Waals surface area contributed by atoms with Gasteiger partial charge in [-0.05, 0) is 47.9 Å². The summed E-state index contributed by atoms with van der Waals surface area (Å²) >= 11 is 1.62. The van der Waals surface area contributed by atoms with Crippen molar-refractivity contribution in [2.24, 2.45) is 0 Å². The molecule has 0 N–H and O–H groups in total. The second-order valence-corrected chi connectivity index (χ2v) is 7.48. The van der Waals surface area contributed by atoms with Gasteiger partial charge in [-0.1, -0.05) is 42.5 Å². The first-order chi connectivity index (χ1) is 14.3. The van der Waals surface area contributed by atoms with Crippen LogP contribution in [0.15, 0.2) is 94.9 Å². The molecule has 0 aliphatic carbocycles. The standard InChI is InChI=1S/C24H16N2O2S/c27-20(22-15-17-7-4-5-10-21(17)28-22)13-12-18-16-26(19-8-2-1-3-9-19)25-24(18)23-11-6-14-29-23/h1-16H. The molecule has 3 aromatic heterocycles. The molecule has 2 aromatic carbocycles. The second kappa shape index (κ2) is 7.37. The van der Waals surface area contributed by atoms with Crippen LogP contribution in [0.25, 0.3) is 33.3 Å². The highest BCUT2D eigenvalue weighted by molar-refractivity contribution is 7.13. The van der Waals surface area contributed by atoms with E-state index < -0.39 is 0 Å². The highest BCUT2D eigenvalue weighted by atomic mass is 32.1. The van der Waals surface area contributed by atoms with E-state index in [9.17, 15) is 4.79 Å². The molecule has 5 heteroatoms. The predicted molar refractivity (Wildman–Crippen MR) is 116 cm³/mol. The van der Waals surface area contributed by atoms with E-state index in [1.807, 2.05) is 83.0 Å². The van der Waals surface area contributed by atoms with Gasteiger partial charge >= 0.3 is 0 Å². The van der Waals surface area contributed by atoms with Gasteiger partial charge in [-0.25, -0.2) is 4.68 Å². The molecular formula is C24H16N2O2S. The molecule has 3 heterocycles. The number of carbonyl (C=O) groups excluding carboxylic acids is 1. The Kier molecular flexibility index (Phi) is 4.42. The van der Waals surface area contributed by atoms with Gasteiger partial charge < -0.3 is 4.42 Å². The molecule has 29 heavy (non-hydrogen) atoms. The van der Waals surface area contributed by atoms with Crippen LogP contribution in [0.3, 0.4) is 0 Å². The van der Waals surface area contributed by atoms with Crippen molar-refractivity contribution in [1.29, 1.82) is 0 Å². The number of benzene rings is 2. The number of carbonyl (C=O) groups is 1. The summed E-state index contributed by atoms with van der Waals surface area (Å²) in [5, 5.41) is 7.68. The maximum Gasteiger partial charge on any atom is 0.221 e. The molecule has 0 fully saturated rings. The number of ketones is 1. The third-order valence-electron chi connectivity index (χ3n) is 4.60. The average Bonchev–Trinajstić information content (AvgIpc) is 3.51. The Balaban J connectivity index is 1.51. The van der Waals surface area contributed by atoms with Crippen molar-refractivity contribution in [2.75, 3.05) is 0 Å². The summed E-state index contributed by atoms with van der Waals surface area (Å²) < 4.78 is 7.51. The number of aromatic nitrogens is 2.